The molecule has 4 atom stereocenters. The van der Waals surface area contributed by atoms with E-state index in [-0.39, 0.29) is 37.3 Å². The molecular weight excluding hydrogens is 490 g/mol. The second-order valence-corrected chi connectivity index (χ2v) is 10.4. The summed E-state index contributed by atoms with van der Waals surface area (Å²) in [7, 11) is 0. The molecular formula is C28H45N3O7. The number of esters is 1. The Morgan fingerprint density at radius 3 is 2.11 bits per heavy atom. The van der Waals surface area contributed by atoms with Crippen LogP contribution in [0.15, 0.2) is 24.3 Å². The molecule has 0 fully saturated rings. The minimum absolute atomic E-state index is 0.0145. The van der Waals surface area contributed by atoms with Crippen LogP contribution in [0.3, 0.4) is 0 Å². The highest BCUT2D eigenvalue weighted by Crippen LogP contribution is 2.29. The van der Waals surface area contributed by atoms with E-state index in [2.05, 4.69) is 10.6 Å². The number of aromatic hydroxyl groups is 1. The van der Waals surface area contributed by atoms with Gasteiger partial charge in [-0.1, -0.05) is 39.3 Å². The monoisotopic (exact) mass is 535 g/mol. The predicted octanol–water partition coefficient (Wildman–Crippen LogP) is 4.07. The summed E-state index contributed by atoms with van der Waals surface area (Å²) in [5.74, 6) is -1.61. The second-order valence-electron chi connectivity index (χ2n) is 10.4. The van der Waals surface area contributed by atoms with Gasteiger partial charge in [0.2, 0.25) is 11.8 Å². The van der Waals surface area contributed by atoms with Crippen molar-refractivity contribution in [1.82, 2.24) is 15.5 Å². The van der Waals surface area contributed by atoms with E-state index < -0.39 is 41.6 Å². The number of hydrogen-bond donors (Lipinski definition) is 3. The lowest BCUT2D eigenvalue weighted by Crippen LogP contribution is -2.57. The van der Waals surface area contributed by atoms with Gasteiger partial charge in [0.15, 0.2) is 0 Å². The van der Waals surface area contributed by atoms with Crippen LogP contribution >= 0.6 is 0 Å². The molecule has 0 spiro atoms. The molecule has 0 heterocycles. The van der Waals surface area contributed by atoms with Crippen molar-refractivity contribution >= 4 is 23.9 Å². The SMILES string of the molecule is CCOC(=O)CCNC(=O)C(c1ccc(O)cc1)N(C(=O)C(NC(=O)OC(C)(C)C)C(C)CC)C(C)CC. The van der Waals surface area contributed by atoms with Crippen LogP contribution < -0.4 is 10.6 Å². The van der Waals surface area contributed by atoms with E-state index in [1.165, 1.54) is 17.0 Å². The first-order chi connectivity index (χ1) is 17.7. The number of alkyl carbamates (subject to hydrolysis) is 1. The largest absolute Gasteiger partial charge is 0.508 e. The van der Waals surface area contributed by atoms with E-state index in [1.54, 1.807) is 39.8 Å². The van der Waals surface area contributed by atoms with Crippen LogP contribution in [-0.2, 0) is 23.9 Å². The average molecular weight is 536 g/mol. The number of phenolic OH excluding ortho intramolecular Hbond substituents is 1. The Balaban J connectivity index is 3.45. The lowest BCUT2D eigenvalue weighted by atomic mass is 9.94. The molecule has 38 heavy (non-hydrogen) atoms. The molecule has 0 bridgehead atoms. The van der Waals surface area contributed by atoms with Crippen LogP contribution in [0, 0.1) is 5.92 Å². The molecule has 3 amide bonds. The minimum Gasteiger partial charge on any atom is -0.508 e. The number of phenols is 1. The number of carbonyl (C=O) groups is 4. The Hall–Kier alpha value is -3.30. The summed E-state index contributed by atoms with van der Waals surface area (Å²) in [6.07, 6.45) is 0.390. The van der Waals surface area contributed by atoms with Gasteiger partial charge in [-0.05, 0) is 64.7 Å². The van der Waals surface area contributed by atoms with Gasteiger partial charge in [-0.15, -0.1) is 0 Å². The molecule has 0 saturated heterocycles. The molecule has 0 aliphatic carbocycles. The summed E-state index contributed by atoms with van der Waals surface area (Å²) in [5.41, 5.74) is -0.276. The van der Waals surface area contributed by atoms with Gasteiger partial charge in [0.1, 0.15) is 23.4 Å². The molecule has 0 aliphatic rings. The molecule has 0 aromatic heterocycles. The summed E-state index contributed by atoms with van der Waals surface area (Å²) in [6.45, 7) is 14.7. The maximum absolute atomic E-state index is 14.2. The van der Waals surface area contributed by atoms with Crippen molar-refractivity contribution in [3.05, 3.63) is 29.8 Å². The number of benzene rings is 1. The van der Waals surface area contributed by atoms with Gasteiger partial charge in [-0.25, -0.2) is 4.79 Å². The highest BCUT2D eigenvalue weighted by molar-refractivity contribution is 5.92. The molecule has 0 saturated carbocycles. The topological polar surface area (TPSA) is 134 Å². The first-order valence-corrected chi connectivity index (χ1v) is 13.3. The average Bonchev–Trinajstić information content (AvgIpc) is 2.84. The van der Waals surface area contributed by atoms with E-state index in [0.717, 1.165) is 0 Å². The van der Waals surface area contributed by atoms with Crippen molar-refractivity contribution in [3.63, 3.8) is 0 Å². The van der Waals surface area contributed by atoms with E-state index in [9.17, 15) is 24.3 Å². The fraction of sp³-hybridized carbons (Fsp3) is 0.643. The van der Waals surface area contributed by atoms with Crippen LogP contribution in [0.5, 0.6) is 5.75 Å². The van der Waals surface area contributed by atoms with Gasteiger partial charge in [0.05, 0.1) is 13.0 Å². The predicted molar refractivity (Wildman–Crippen MR) is 144 cm³/mol. The molecule has 3 N–H and O–H groups in total. The molecule has 1 rings (SSSR count). The minimum atomic E-state index is -1.08. The first-order valence-electron chi connectivity index (χ1n) is 13.3. The number of hydrogen-bond acceptors (Lipinski definition) is 7. The molecule has 1 aromatic rings. The zero-order chi connectivity index (χ0) is 29.0. The summed E-state index contributed by atoms with van der Waals surface area (Å²) in [4.78, 5) is 53.6. The van der Waals surface area contributed by atoms with Crippen LogP contribution in [0.25, 0.3) is 0 Å². The first kappa shape index (κ1) is 32.7. The van der Waals surface area contributed by atoms with Gasteiger partial charge < -0.3 is 30.1 Å². The molecule has 0 aliphatic heterocycles. The summed E-state index contributed by atoms with van der Waals surface area (Å²) in [5, 5.41) is 15.3. The van der Waals surface area contributed by atoms with Gasteiger partial charge in [0, 0.05) is 12.6 Å². The third-order valence-corrected chi connectivity index (χ3v) is 6.14. The van der Waals surface area contributed by atoms with Crippen molar-refractivity contribution in [2.45, 2.75) is 98.4 Å². The highest BCUT2D eigenvalue weighted by Gasteiger charge is 2.40. The smallest absolute Gasteiger partial charge is 0.408 e. The molecule has 10 heteroatoms. The third kappa shape index (κ3) is 10.2. The maximum Gasteiger partial charge on any atom is 0.408 e. The Bertz CT molecular complexity index is 927. The lowest BCUT2D eigenvalue weighted by Gasteiger charge is -2.39. The van der Waals surface area contributed by atoms with Crippen LogP contribution in [0.2, 0.25) is 0 Å². The Morgan fingerprint density at radius 2 is 1.61 bits per heavy atom. The van der Waals surface area contributed by atoms with E-state index in [4.69, 9.17) is 9.47 Å². The molecule has 10 nitrogen and oxygen atoms in total. The molecule has 214 valence electrons. The van der Waals surface area contributed by atoms with Crippen molar-refractivity contribution in [2.75, 3.05) is 13.2 Å². The fourth-order valence-corrected chi connectivity index (χ4v) is 3.79. The maximum atomic E-state index is 14.2. The Labute approximate surface area is 226 Å². The normalized spacial score (nSPS) is 14.4. The van der Waals surface area contributed by atoms with Crippen molar-refractivity contribution < 1.29 is 33.8 Å². The zero-order valence-corrected chi connectivity index (χ0v) is 24.0. The molecule has 4 unspecified atom stereocenters. The molecule has 1 aromatic carbocycles. The number of nitrogens with zero attached hydrogens (tertiary/aromatic N) is 1. The van der Waals surface area contributed by atoms with Crippen LogP contribution in [0.1, 0.15) is 86.3 Å². The number of amides is 3. The van der Waals surface area contributed by atoms with E-state index in [0.29, 0.717) is 18.4 Å². The summed E-state index contributed by atoms with van der Waals surface area (Å²) >= 11 is 0. The van der Waals surface area contributed by atoms with Crippen LogP contribution in [-0.4, -0.2) is 64.7 Å². The van der Waals surface area contributed by atoms with Gasteiger partial charge in [-0.3, -0.25) is 14.4 Å². The zero-order valence-electron chi connectivity index (χ0n) is 24.0. The van der Waals surface area contributed by atoms with Crippen molar-refractivity contribution in [1.29, 1.82) is 0 Å². The second kappa shape index (κ2) is 15.2. The van der Waals surface area contributed by atoms with Gasteiger partial charge in [0.25, 0.3) is 0 Å². The van der Waals surface area contributed by atoms with Crippen molar-refractivity contribution in [3.8, 4) is 5.75 Å². The third-order valence-electron chi connectivity index (χ3n) is 6.14. The number of nitrogens with one attached hydrogen (secondary N) is 2. The standard InChI is InChI=1S/C28H45N3O7/c1-9-18(4)23(30-27(36)38-28(6,7)8)26(35)31(19(5)10-2)24(20-12-14-21(32)15-13-20)25(34)29-17-16-22(33)37-11-3/h12-15,18-19,23-24,32H,9-11,16-17H2,1-8H3,(H,29,34)(H,30,36). The number of carbonyl (C=O) groups excluding carboxylic acids is 4. The summed E-state index contributed by atoms with van der Waals surface area (Å²) < 4.78 is 10.3. The number of ether oxygens (including phenoxy) is 2. The lowest BCUT2D eigenvalue weighted by molar-refractivity contribution is -0.146. The van der Waals surface area contributed by atoms with Gasteiger partial charge in [-0.2, -0.15) is 0 Å². The highest BCUT2D eigenvalue weighted by atomic mass is 16.6. The van der Waals surface area contributed by atoms with E-state index in [1.807, 2.05) is 27.7 Å². The van der Waals surface area contributed by atoms with Crippen LogP contribution in [0.4, 0.5) is 4.79 Å². The summed E-state index contributed by atoms with van der Waals surface area (Å²) in [6, 6.07) is 3.63. The number of rotatable bonds is 13. The van der Waals surface area contributed by atoms with Gasteiger partial charge >= 0.3 is 12.1 Å². The van der Waals surface area contributed by atoms with E-state index >= 15 is 0 Å². The Morgan fingerprint density at radius 1 is 1.00 bits per heavy atom. The molecule has 0 radical (unpaired) electrons. The quantitative estimate of drug-likeness (QED) is 0.324. The van der Waals surface area contributed by atoms with Crippen molar-refractivity contribution in [2.24, 2.45) is 5.92 Å². The Kier molecular flexibility index (Phi) is 13.1. The fourth-order valence-electron chi connectivity index (χ4n) is 3.79.